The number of ether oxygens (including phenoxy) is 4. The lowest BCUT2D eigenvalue weighted by atomic mass is 10.0. The second-order valence-electron chi connectivity index (χ2n) is 6.98. The number of carbonyl (C=O) groups is 1. The van der Waals surface area contributed by atoms with Gasteiger partial charge in [-0.25, -0.2) is 4.79 Å². The van der Waals surface area contributed by atoms with E-state index in [4.69, 9.17) is 18.9 Å². The highest BCUT2D eigenvalue weighted by atomic mass is 19.4. The number of hydrogen-bond acceptors (Lipinski definition) is 6. The Hall–Kier alpha value is -2.82. The first-order chi connectivity index (χ1) is 15.8. The van der Waals surface area contributed by atoms with Crippen LogP contribution < -0.4 is 10.1 Å². The molecule has 0 aromatic heterocycles. The molecule has 1 amide bonds. The zero-order chi connectivity index (χ0) is 24.1. The molecular formula is C23H28F3NO6. The molecule has 0 radical (unpaired) electrons. The number of rotatable bonds is 13. The normalized spacial score (nSPS) is 12.3. The van der Waals surface area contributed by atoms with Crippen LogP contribution in [0.3, 0.4) is 0 Å². The van der Waals surface area contributed by atoms with Crippen molar-refractivity contribution in [1.29, 1.82) is 0 Å². The molecule has 0 aliphatic heterocycles. The van der Waals surface area contributed by atoms with Crippen LogP contribution in [-0.4, -0.2) is 50.8 Å². The summed E-state index contributed by atoms with van der Waals surface area (Å²) in [5.74, 6) is 0.0387. The van der Waals surface area contributed by atoms with Crippen molar-refractivity contribution in [1.82, 2.24) is 5.32 Å². The van der Waals surface area contributed by atoms with Gasteiger partial charge in [0, 0.05) is 6.54 Å². The van der Waals surface area contributed by atoms with E-state index in [-0.39, 0.29) is 57.5 Å². The van der Waals surface area contributed by atoms with Gasteiger partial charge in [0.05, 0.1) is 38.1 Å². The summed E-state index contributed by atoms with van der Waals surface area (Å²) in [6.45, 7) is 2.77. The first kappa shape index (κ1) is 26.4. The zero-order valence-electron chi connectivity index (χ0n) is 18.3. The molecule has 33 heavy (non-hydrogen) atoms. The summed E-state index contributed by atoms with van der Waals surface area (Å²) in [5.41, 5.74) is -0.244. The lowest BCUT2D eigenvalue weighted by Crippen LogP contribution is -2.28. The van der Waals surface area contributed by atoms with Gasteiger partial charge < -0.3 is 29.4 Å². The fourth-order valence-corrected chi connectivity index (χ4v) is 2.77. The van der Waals surface area contributed by atoms with Gasteiger partial charge in [0.2, 0.25) is 0 Å². The lowest BCUT2D eigenvalue weighted by molar-refractivity contribution is -0.139. The summed E-state index contributed by atoms with van der Waals surface area (Å²) in [6.07, 6.45) is -6.37. The molecule has 0 aliphatic rings. The Kier molecular flexibility index (Phi) is 10.9. The molecule has 0 spiro atoms. The number of nitrogens with one attached hydrogen (secondary N) is 1. The Morgan fingerprint density at radius 3 is 2.33 bits per heavy atom. The quantitative estimate of drug-likeness (QED) is 0.428. The van der Waals surface area contributed by atoms with Crippen molar-refractivity contribution in [3.8, 4) is 5.75 Å². The van der Waals surface area contributed by atoms with Crippen LogP contribution in [-0.2, 0) is 27.0 Å². The molecule has 2 N–H and O–H groups in total. The van der Waals surface area contributed by atoms with Crippen LogP contribution in [0.5, 0.6) is 5.75 Å². The summed E-state index contributed by atoms with van der Waals surface area (Å²) >= 11 is 0. The van der Waals surface area contributed by atoms with E-state index in [1.165, 1.54) is 19.1 Å². The van der Waals surface area contributed by atoms with Crippen LogP contribution in [0.15, 0.2) is 48.5 Å². The largest absolute Gasteiger partial charge is 0.491 e. The third kappa shape index (κ3) is 10.1. The van der Waals surface area contributed by atoms with E-state index in [0.717, 1.165) is 11.6 Å². The summed E-state index contributed by atoms with van der Waals surface area (Å²) in [6, 6.07) is 12.7. The minimum absolute atomic E-state index is 0.0387. The molecular weight excluding hydrogens is 443 g/mol. The van der Waals surface area contributed by atoms with Crippen molar-refractivity contribution in [3.05, 3.63) is 65.2 Å². The van der Waals surface area contributed by atoms with Gasteiger partial charge in [-0.2, -0.15) is 13.2 Å². The smallest absolute Gasteiger partial charge is 0.416 e. The minimum Gasteiger partial charge on any atom is -0.491 e. The maximum Gasteiger partial charge on any atom is 0.416 e. The molecule has 0 bridgehead atoms. The number of amides is 1. The highest BCUT2D eigenvalue weighted by Crippen LogP contribution is 2.36. The van der Waals surface area contributed by atoms with Gasteiger partial charge >= 0.3 is 12.3 Å². The molecule has 2 aromatic rings. The molecule has 0 heterocycles. The molecule has 10 heteroatoms. The van der Waals surface area contributed by atoms with E-state index >= 15 is 0 Å². The van der Waals surface area contributed by atoms with Crippen LogP contribution in [0.4, 0.5) is 18.0 Å². The molecule has 2 aromatic carbocycles. The van der Waals surface area contributed by atoms with Crippen molar-refractivity contribution in [2.45, 2.75) is 25.8 Å². The van der Waals surface area contributed by atoms with Crippen molar-refractivity contribution < 1.29 is 42.0 Å². The topological polar surface area (TPSA) is 86.3 Å². The monoisotopic (exact) mass is 471 g/mol. The van der Waals surface area contributed by atoms with E-state index in [1.54, 1.807) is 0 Å². The van der Waals surface area contributed by atoms with E-state index < -0.39 is 23.9 Å². The average Bonchev–Trinajstić information content (AvgIpc) is 2.78. The van der Waals surface area contributed by atoms with E-state index in [2.05, 4.69) is 5.32 Å². The molecule has 1 unspecified atom stereocenters. The van der Waals surface area contributed by atoms with Crippen molar-refractivity contribution in [3.63, 3.8) is 0 Å². The molecule has 182 valence electrons. The first-order valence-corrected chi connectivity index (χ1v) is 10.4. The van der Waals surface area contributed by atoms with Gasteiger partial charge in [-0.15, -0.1) is 0 Å². The Morgan fingerprint density at radius 2 is 1.67 bits per heavy atom. The van der Waals surface area contributed by atoms with Crippen LogP contribution in [0.25, 0.3) is 0 Å². The highest BCUT2D eigenvalue weighted by molar-refractivity contribution is 5.67. The number of alkyl halides is 3. The Balaban J connectivity index is 1.51. The van der Waals surface area contributed by atoms with Crippen molar-refractivity contribution in [2.24, 2.45) is 0 Å². The average molecular weight is 471 g/mol. The molecule has 0 aliphatic carbocycles. The van der Waals surface area contributed by atoms with Gasteiger partial charge in [-0.05, 0) is 30.2 Å². The van der Waals surface area contributed by atoms with Crippen LogP contribution in [0, 0.1) is 0 Å². The number of halogens is 3. The molecule has 0 fully saturated rings. The Morgan fingerprint density at radius 1 is 1.00 bits per heavy atom. The number of carbonyl (C=O) groups excluding carboxylic acids is 1. The van der Waals surface area contributed by atoms with Gasteiger partial charge in [-0.3, -0.25) is 0 Å². The molecule has 0 saturated heterocycles. The SMILES string of the molecule is CC(O)c1ccc(OCCOCCOCCNC(=O)OCc2ccccc2)cc1C(F)(F)F. The number of aliphatic hydroxyl groups is 1. The first-order valence-electron chi connectivity index (χ1n) is 10.4. The van der Waals surface area contributed by atoms with Crippen LogP contribution in [0.1, 0.15) is 29.7 Å². The summed E-state index contributed by atoms with van der Waals surface area (Å²) < 4.78 is 60.3. The van der Waals surface area contributed by atoms with Gasteiger partial charge in [-0.1, -0.05) is 36.4 Å². The van der Waals surface area contributed by atoms with Gasteiger partial charge in [0.15, 0.2) is 0 Å². The van der Waals surface area contributed by atoms with Crippen LogP contribution >= 0.6 is 0 Å². The maximum atomic E-state index is 13.1. The van der Waals surface area contributed by atoms with E-state index in [9.17, 15) is 23.1 Å². The van der Waals surface area contributed by atoms with Crippen molar-refractivity contribution in [2.75, 3.05) is 39.6 Å². The van der Waals surface area contributed by atoms with E-state index in [1.807, 2.05) is 30.3 Å². The molecule has 0 saturated carbocycles. The second-order valence-corrected chi connectivity index (χ2v) is 6.98. The standard InChI is InChI=1S/C23H28F3NO6/c1-17(28)20-8-7-19(15-21(20)23(24,25)26)32-14-13-31-12-11-30-10-9-27-22(29)33-16-18-5-3-2-4-6-18/h2-8,15,17,28H,9-14,16H2,1H3,(H,27,29). The van der Waals surface area contributed by atoms with Crippen molar-refractivity contribution >= 4 is 6.09 Å². The number of benzene rings is 2. The zero-order valence-corrected chi connectivity index (χ0v) is 18.3. The second kappa shape index (κ2) is 13.7. The predicted molar refractivity (Wildman–Crippen MR) is 114 cm³/mol. The number of hydrogen-bond donors (Lipinski definition) is 2. The van der Waals surface area contributed by atoms with Crippen LogP contribution in [0.2, 0.25) is 0 Å². The van der Waals surface area contributed by atoms with Gasteiger partial charge in [0.25, 0.3) is 0 Å². The number of aliphatic hydroxyl groups excluding tert-OH is 1. The maximum absolute atomic E-state index is 13.1. The third-order valence-corrected chi connectivity index (χ3v) is 4.38. The summed E-state index contributed by atoms with van der Waals surface area (Å²) in [4.78, 5) is 11.6. The molecule has 1 atom stereocenters. The lowest BCUT2D eigenvalue weighted by Gasteiger charge is -2.16. The highest BCUT2D eigenvalue weighted by Gasteiger charge is 2.34. The minimum atomic E-state index is -4.59. The van der Waals surface area contributed by atoms with E-state index in [0.29, 0.717) is 0 Å². The fourth-order valence-electron chi connectivity index (χ4n) is 2.77. The molecule has 7 nitrogen and oxygen atoms in total. The fraction of sp³-hybridized carbons (Fsp3) is 0.435. The van der Waals surface area contributed by atoms with Gasteiger partial charge in [0.1, 0.15) is 19.0 Å². The number of alkyl carbamates (subject to hydrolysis) is 1. The summed E-state index contributed by atoms with van der Waals surface area (Å²) in [7, 11) is 0. The Bertz CT molecular complexity index is 846. The molecule has 2 rings (SSSR count). The predicted octanol–water partition coefficient (Wildman–Crippen LogP) is 4.10. The Labute approximate surface area is 190 Å². The third-order valence-electron chi connectivity index (χ3n) is 4.38. The summed E-state index contributed by atoms with van der Waals surface area (Å²) in [5, 5.41) is 12.1.